The van der Waals surface area contributed by atoms with Crippen LogP contribution >= 0.6 is 0 Å². The normalized spacial score (nSPS) is 21.8. The summed E-state index contributed by atoms with van der Waals surface area (Å²) < 4.78 is 5.56. The minimum Gasteiger partial charge on any atom is -0.444 e. The molecule has 0 spiro atoms. The van der Waals surface area contributed by atoms with Crippen LogP contribution in [0.2, 0.25) is 0 Å². The molecule has 1 N–H and O–H groups in total. The van der Waals surface area contributed by atoms with Crippen molar-refractivity contribution in [2.75, 3.05) is 13.2 Å². The van der Waals surface area contributed by atoms with E-state index in [2.05, 4.69) is 12.4 Å². The molecule has 0 aromatic carbocycles. The maximum atomic E-state index is 12.4. The van der Waals surface area contributed by atoms with Gasteiger partial charge in [-0.2, -0.15) is 5.48 Å². The largest absolute Gasteiger partial charge is 0.444 e. The van der Waals surface area contributed by atoms with Crippen LogP contribution in [0.1, 0.15) is 66.7 Å². The molecular weight excluding hydrogens is 268 g/mol. The smallest absolute Gasteiger partial charge is 0.410 e. The molecule has 1 aliphatic heterocycles. The van der Waals surface area contributed by atoms with E-state index >= 15 is 0 Å². The van der Waals surface area contributed by atoms with Crippen LogP contribution in [0, 0.1) is 0 Å². The summed E-state index contributed by atoms with van der Waals surface area (Å²) in [5.74, 6) is 0. The highest BCUT2D eigenvalue weighted by atomic mass is 16.6. The lowest BCUT2D eigenvalue weighted by atomic mass is 10.0. The van der Waals surface area contributed by atoms with Crippen LogP contribution in [0.4, 0.5) is 4.79 Å². The van der Waals surface area contributed by atoms with Gasteiger partial charge in [-0.15, -0.1) is 0 Å². The van der Waals surface area contributed by atoms with Gasteiger partial charge in [0, 0.05) is 18.6 Å². The third-order valence-corrected chi connectivity index (χ3v) is 3.56. The molecule has 5 heteroatoms. The molecule has 5 nitrogen and oxygen atoms in total. The highest BCUT2D eigenvalue weighted by molar-refractivity contribution is 5.68. The first-order valence-corrected chi connectivity index (χ1v) is 8.20. The lowest BCUT2D eigenvalue weighted by Crippen LogP contribution is -2.45. The van der Waals surface area contributed by atoms with E-state index in [-0.39, 0.29) is 18.2 Å². The van der Waals surface area contributed by atoms with Gasteiger partial charge >= 0.3 is 6.09 Å². The Kier molecular flexibility index (Phi) is 7.46. The van der Waals surface area contributed by atoms with Crippen molar-refractivity contribution in [3.8, 4) is 0 Å². The summed E-state index contributed by atoms with van der Waals surface area (Å²) >= 11 is 0. The summed E-state index contributed by atoms with van der Waals surface area (Å²) in [6.45, 7) is 11.2. The van der Waals surface area contributed by atoms with Crippen molar-refractivity contribution >= 4 is 6.09 Å². The molecule has 1 heterocycles. The zero-order valence-corrected chi connectivity index (χ0v) is 14.3. The number of amides is 1. The van der Waals surface area contributed by atoms with E-state index in [9.17, 15) is 4.79 Å². The van der Waals surface area contributed by atoms with Gasteiger partial charge < -0.3 is 14.5 Å². The van der Waals surface area contributed by atoms with E-state index in [4.69, 9.17) is 9.57 Å². The van der Waals surface area contributed by atoms with E-state index in [1.165, 1.54) is 12.8 Å². The van der Waals surface area contributed by atoms with Crippen LogP contribution in [0.5, 0.6) is 0 Å². The molecule has 21 heavy (non-hydrogen) atoms. The molecular formula is C16H32N2O3. The summed E-state index contributed by atoms with van der Waals surface area (Å²) in [6, 6.07) is 0.447. The van der Waals surface area contributed by atoms with Gasteiger partial charge in [-0.3, -0.25) is 0 Å². The van der Waals surface area contributed by atoms with Crippen molar-refractivity contribution < 1.29 is 14.4 Å². The van der Waals surface area contributed by atoms with Crippen LogP contribution in [-0.2, 0) is 9.57 Å². The molecule has 1 amide bonds. The molecule has 1 saturated heterocycles. The van der Waals surface area contributed by atoms with Crippen molar-refractivity contribution in [3.63, 3.8) is 0 Å². The topological polar surface area (TPSA) is 50.8 Å². The summed E-state index contributed by atoms with van der Waals surface area (Å²) in [5, 5.41) is 0. The maximum Gasteiger partial charge on any atom is 0.410 e. The van der Waals surface area contributed by atoms with Crippen molar-refractivity contribution in [3.05, 3.63) is 0 Å². The van der Waals surface area contributed by atoms with Crippen molar-refractivity contribution in [2.45, 2.75) is 84.4 Å². The molecule has 0 aliphatic carbocycles. The second-order valence-corrected chi connectivity index (χ2v) is 6.86. The van der Waals surface area contributed by atoms with Gasteiger partial charge in [0.25, 0.3) is 0 Å². The second kappa shape index (κ2) is 8.59. The zero-order valence-electron chi connectivity index (χ0n) is 14.3. The van der Waals surface area contributed by atoms with E-state index in [0.717, 1.165) is 25.8 Å². The van der Waals surface area contributed by atoms with Gasteiger partial charge in [0.1, 0.15) is 5.60 Å². The summed E-state index contributed by atoms with van der Waals surface area (Å²) in [5.41, 5.74) is 2.59. The molecule has 0 radical (unpaired) electrons. The minimum atomic E-state index is -0.441. The number of nitrogens with one attached hydrogen (secondary N) is 1. The first kappa shape index (κ1) is 18.2. The summed E-state index contributed by atoms with van der Waals surface area (Å²) in [4.78, 5) is 19.6. The number of carbonyl (C=O) groups excluding carboxylic acids is 1. The Hall–Kier alpha value is -0.810. The summed E-state index contributed by atoms with van der Waals surface area (Å²) in [7, 11) is 0. The fourth-order valence-corrected chi connectivity index (χ4v) is 2.67. The van der Waals surface area contributed by atoms with Gasteiger partial charge in [0.15, 0.2) is 0 Å². The maximum absolute atomic E-state index is 12.4. The van der Waals surface area contributed by atoms with Gasteiger partial charge in [-0.05, 0) is 53.9 Å². The fraction of sp³-hybridized carbons (Fsp3) is 0.938. The number of carbonyl (C=O) groups is 1. The molecule has 124 valence electrons. The Bertz CT molecular complexity index is 315. The Labute approximate surface area is 129 Å². The van der Waals surface area contributed by atoms with Crippen molar-refractivity contribution in [1.82, 2.24) is 10.4 Å². The third-order valence-electron chi connectivity index (χ3n) is 3.56. The number of hydrogen-bond acceptors (Lipinski definition) is 4. The average molecular weight is 300 g/mol. The van der Waals surface area contributed by atoms with Crippen LogP contribution in [0.25, 0.3) is 0 Å². The van der Waals surface area contributed by atoms with Gasteiger partial charge in [0.2, 0.25) is 0 Å². The number of ether oxygens (including phenoxy) is 1. The Balaban J connectivity index is 2.64. The molecule has 1 fully saturated rings. The average Bonchev–Trinajstić information content (AvgIpc) is 2.59. The number of rotatable bonds is 5. The van der Waals surface area contributed by atoms with Crippen molar-refractivity contribution in [1.29, 1.82) is 0 Å². The predicted octanol–water partition coefficient (Wildman–Crippen LogP) is 3.49. The Morgan fingerprint density at radius 3 is 2.67 bits per heavy atom. The monoisotopic (exact) mass is 300 g/mol. The van der Waals surface area contributed by atoms with E-state index in [1.54, 1.807) is 0 Å². The van der Waals surface area contributed by atoms with Gasteiger partial charge in [0.05, 0.1) is 6.61 Å². The van der Waals surface area contributed by atoms with Crippen LogP contribution < -0.4 is 5.48 Å². The third kappa shape index (κ3) is 7.14. The lowest BCUT2D eigenvalue weighted by Gasteiger charge is -2.33. The highest BCUT2D eigenvalue weighted by Gasteiger charge is 2.30. The molecule has 2 unspecified atom stereocenters. The van der Waals surface area contributed by atoms with E-state index in [1.807, 2.05) is 32.6 Å². The SMILES string of the molecule is CCONC(C)CC1CCCCCN1C(=O)OC(C)(C)C. The Morgan fingerprint density at radius 1 is 1.33 bits per heavy atom. The minimum absolute atomic E-state index is 0.182. The number of nitrogens with zero attached hydrogens (tertiary/aromatic N) is 1. The molecule has 0 aromatic rings. The molecule has 0 aromatic heterocycles. The molecule has 1 aliphatic rings. The fourth-order valence-electron chi connectivity index (χ4n) is 2.67. The highest BCUT2D eigenvalue weighted by Crippen LogP contribution is 2.23. The predicted molar refractivity (Wildman–Crippen MR) is 84.0 cm³/mol. The van der Waals surface area contributed by atoms with Crippen LogP contribution in [-0.4, -0.2) is 41.8 Å². The number of hydroxylamine groups is 1. The molecule has 1 rings (SSSR count). The van der Waals surface area contributed by atoms with Crippen LogP contribution in [0.3, 0.4) is 0 Å². The molecule has 0 saturated carbocycles. The second-order valence-electron chi connectivity index (χ2n) is 6.86. The van der Waals surface area contributed by atoms with Gasteiger partial charge in [-0.25, -0.2) is 4.79 Å². The van der Waals surface area contributed by atoms with Crippen LogP contribution in [0.15, 0.2) is 0 Å². The standard InChI is InChI=1S/C16H32N2O3/c1-6-20-17-13(2)12-14-10-8-7-9-11-18(14)15(19)21-16(3,4)5/h13-14,17H,6-12H2,1-5H3. The zero-order chi connectivity index (χ0) is 15.9. The number of likely N-dealkylation sites (tertiary alicyclic amines) is 1. The quantitative estimate of drug-likeness (QED) is 0.790. The Morgan fingerprint density at radius 2 is 2.05 bits per heavy atom. The first-order valence-electron chi connectivity index (χ1n) is 8.20. The van der Waals surface area contributed by atoms with E-state index < -0.39 is 5.60 Å². The van der Waals surface area contributed by atoms with Gasteiger partial charge in [-0.1, -0.05) is 12.8 Å². The lowest BCUT2D eigenvalue weighted by molar-refractivity contribution is 0.00301. The van der Waals surface area contributed by atoms with E-state index in [0.29, 0.717) is 6.61 Å². The van der Waals surface area contributed by atoms with Crippen molar-refractivity contribution in [2.24, 2.45) is 0 Å². The number of hydrogen-bond donors (Lipinski definition) is 1. The molecule has 2 atom stereocenters. The first-order chi connectivity index (χ1) is 9.83. The summed E-state index contributed by atoms with van der Waals surface area (Å²) in [6.07, 6.45) is 5.16. The molecule has 0 bridgehead atoms.